The first-order valence-electron chi connectivity index (χ1n) is 5.34. The van der Waals surface area contributed by atoms with Crippen LogP contribution in [0.5, 0.6) is 0 Å². The van der Waals surface area contributed by atoms with Crippen LogP contribution in [0.25, 0.3) is 0 Å². The van der Waals surface area contributed by atoms with Crippen LogP contribution in [0.15, 0.2) is 16.6 Å². The van der Waals surface area contributed by atoms with E-state index >= 15 is 0 Å². The van der Waals surface area contributed by atoms with Crippen LogP contribution in [0, 0.1) is 5.92 Å². The minimum absolute atomic E-state index is 0.458. The molecule has 2 unspecified atom stereocenters. The van der Waals surface area contributed by atoms with Crippen molar-refractivity contribution in [3.05, 3.63) is 32.8 Å². The minimum atomic E-state index is 0.458. The van der Waals surface area contributed by atoms with Gasteiger partial charge >= 0.3 is 0 Å². The van der Waals surface area contributed by atoms with Crippen LogP contribution in [0.1, 0.15) is 31.0 Å². The second-order valence-corrected chi connectivity index (χ2v) is 5.50. The highest BCUT2D eigenvalue weighted by Crippen LogP contribution is 2.41. The highest BCUT2D eigenvalue weighted by atomic mass is 79.9. The van der Waals surface area contributed by atoms with E-state index in [1.165, 1.54) is 11.1 Å². The lowest BCUT2D eigenvalue weighted by Crippen LogP contribution is -2.23. The Balaban J connectivity index is 2.43. The Hall–Kier alpha value is -0.0500. The number of benzene rings is 1. The minimum Gasteiger partial charge on any atom is -0.310 e. The van der Waals surface area contributed by atoms with Gasteiger partial charge in [0, 0.05) is 15.5 Å². The molecule has 1 aromatic rings. The molecule has 0 aliphatic heterocycles. The molecule has 0 aromatic heterocycles. The van der Waals surface area contributed by atoms with E-state index in [2.05, 4.69) is 41.2 Å². The van der Waals surface area contributed by atoms with E-state index in [1.807, 2.05) is 6.07 Å². The van der Waals surface area contributed by atoms with Gasteiger partial charge in [0.25, 0.3) is 0 Å². The third kappa shape index (κ3) is 2.08. The van der Waals surface area contributed by atoms with Gasteiger partial charge in [0.05, 0.1) is 0 Å². The van der Waals surface area contributed by atoms with Crippen LogP contribution in [0.3, 0.4) is 0 Å². The fraction of sp³-hybridized carbons (Fsp3) is 0.500. The Morgan fingerprint density at radius 3 is 2.93 bits per heavy atom. The number of rotatable bonds is 2. The molecule has 0 saturated heterocycles. The molecule has 0 saturated carbocycles. The van der Waals surface area contributed by atoms with Crippen molar-refractivity contribution in [3.8, 4) is 0 Å². The Bertz CT molecular complexity index is 378. The van der Waals surface area contributed by atoms with E-state index in [0.717, 1.165) is 22.5 Å². The van der Waals surface area contributed by atoms with Gasteiger partial charge < -0.3 is 5.32 Å². The number of hydrogen-bond donors (Lipinski definition) is 1. The molecule has 0 radical (unpaired) electrons. The third-order valence-electron chi connectivity index (χ3n) is 3.05. The van der Waals surface area contributed by atoms with Crippen LogP contribution >= 0.6 is 27.5 Å². The van der Waals surface area contributed by atoms with Crippen LogP contribution in [0.2, 0.25) is 5.02 Å². The highest BCUT2D eigenvalue weighted by molar-refractivity contribution is 9.10. The van der Waals surface area contributed by atoms with E-state index in [0.29, 0.717) is 12.0 Å². The average Bonchev–Trinajstić information content (AvgIpc) is 2.46. The van der Waals surface area contributed by atoms with Crippen molar-refractivity contribution in [1.82, 2.24) is 5.32 Å². The topological polar surface area (TPSA) is 12.0 Å². The summed E-state index contributed by atoms with van der Waals surface area (Å²) in [4.78, 5) is 0. The molecule has 0 amide bonds. The lowest BCUT2D eigenvalue weighted by molar-refractivity contribution is 0.426. The molecule has 0 bridgehead atoms. The molecule has 1 nitrogen and oxygen atoms in total. The summed E-state index contributed by atoms with van der Waals surface area (Å²) in [5.74, 6) is 0.631. The van der Waals surface area contributed by atoms with Gasteiger partial charge in [0.2, 0.25) is 0 Å². The zero-order valence-corrected chi connectivity index (χ0v) is 11.3. The Morgan fingerprint density at radius 1 is 1.53 bits per heavy atom. The SMILES string of the molecule is CCNC1c2cc(Br)cc(Cl)c2CC1C. The first-order valence-corrected chi connectivity index (χ1v) is 6.51. The maximum Gasteiger partial charge on any atom is 0.0452 e. The fourth-order valence-electron chi connectivity index (χ4n) is 2.39. The molecule has 0 fully saturated rings. The number of halogens is 2. The Kier molecular flexibility index (Phi) is 3.39. The molecule has 1 aromatic carbocycles. The van der Waals surface area contributed by atoms with Gasteiger partial charge in [-0.15, -0.1) is 0 Å². The predicted octanol–water partition coefficient (Wildman–Crippen LogP) is 3.95. The Morgan fingerprint density at radius 2 is 2.27 bits per heavy atom. The summed E-state index contributed by atoms with van der Waals surface area (Å²) < 4.78 is 1.07. The molecule has 15 heavy (non-hydrogen) atoms. The number of fused-ring (bicyclic) bond motifs is 1. The fourth-order valence-corrected chi connectivity index (χ4v) is 3.30. The molecule has 0 spiro atoms. The second kappa shape index (κ2) is 4.44. The van der Waals surface area contributed by atoms with E-state index < -0.39 is 0 Å². The van der Waals surface area contributed by atoms with Crippen molar-refractivity contribution in [2.75, 3.05) is 6.54 Å². The molecule has 2 rings (SSSR count). The second-order valence-electron chi connectivity index (χ2n) is 4.17. The van der Waals surface area contributed by atoms with Crippen LogP contribution in [0.4, 0.5) is 0 Å². The van der Waals surface area contributed by atoms with Crippen molar-refractivity contribution in [1.29, 1.82) is 0 Å². The summed E-state index contributed by atoms with van der Waals surface area (Å²) in [6, 6.07) is 4.64. The van der Waals surface area contributed by atoms with Gasteiger partial charge in [-0.2, -0.15) is 0 Å². The van der Waals surface area contributed by atoms with Gasteiger partial charge in [-0.3, -0.25) is 0 Å². The summed E-state index contributed by atoms with van der Waals surface area (Å²) in [6.45, 7) is 5.42. The van der Waals surface area contributed by atoms with E-state index in [-0.39, 0.29) is 0 Å². The van der Waals surface area contributed by atoms with Crippen molar-refractivity contribution in [2.45, 2.75) is 26.3 Å². The van der Waals surface area contributed by atoms with E-state index in [9.17, 15) is 0 Å². The quantitative estimate of drug-likeness (QED) is 0.869. The molecule has 1 N–H and O–H groups in total. The maximum atomic E-state index is 6.25. The molecular formula is C12H15BrClN. The normalized spacial score (nSPS) is 24.3. The smallest absolute Gasteiger partial charge is 0.0452 e. The number of nitrogens with one attached hydrogen (secondary N) is 1. The third-order valence-corrected chi connectivity index (χ3v) is 3.84. The maximum absolute atomic E-state index is 6.25. The molecule has 3 heteroatoms. The first kappa shape index (κ1) is 11.4. The standard InChI is InChI=1S/C12H15BrClN/c1-3-15-12-7(2)4-9-10(12)5-8(13)6-11(9)14/h5-7,12,15H,3-4H2,1-2H3. The first-order chi connectivity index (χ1) is 7.13. The predicted molar refractivity (Wildman–Crippen MR) is 68.4 cm³/mol. The lowest BCUT2D eigenvalue weighted by atomic mass is 10.0. The highest BCUT2D eigenvalue weighted by Gasteiger charge is 2.30. The summed E-state index contributed by atoms with van der Waals surface area (Å²) in [6.07, 6.45) is 1.08. The number of hydrogen-bond acceptors (Lipinski definition) is 1. The average molecular weight is 289 g/mol. The zero-order chi connectivity index (χ0) is 11.0. The van der Waals surface area contributed by atoms with Gasteiger partial charge in [-0.25, -0.2) is 0 Å². The molecule has 2 atom stereocenters. The van der Waals surface area contributed by atoms with Crippen LogP contribution < -0.4 is 5.32 Å². The van der Waals surface area contributed by atoms with E-state index in [1.54, 1.807) is 0 Å². The van der Waals surface area contributed by atoms with Crippen molar-refractivity contribution < 1.29 is 0 Å². The molecular weight excluding hydrogens is 273 g/mol. The van der Waals surface area contributed by atoms with Crippen LogP contribution in [-0.4, -0.2) is 6.54 Å². The van der Waals surface area contributed by atoms with Gasteiger partial charge in [-0.1, -0.05) is 41.4 Å². The monoisotopic (exact) mass is 287 g/mol. The molecule has 1 aliphatic carbocycles. The van der Waals surface area contributed by atoms with Gasteiger partial charge in [0.1, 0.15) is 0 Å². The van der Waals surface area contributed by atoms with E-state index in [4.69, 9.17) is 11.6 Å². The summed E-state index contributed by atoms with van der Waals surface area (Å²) in [7, 11) is 0. The summed E-state index contributed by atoms with van der Waals surface area (Å²) in [5.41, 5.74) is 2.68. The zero-order valence-electron chi connectivity index (χ0n) is 8.98. The van der Waals surface area contributed by atoms with Crippen molar-refractivity contribution >= 4 is 27.5 Å². The molecule has 1 aliphatic rings. The van der Waals surface area contributed by atoms with Gasteiger partial charge in [-0.05, 0) is 42.1 Å². The van der Waals surface area contributed by atoms with Crippen LogP contribution in [-0.2, 0) is 6.42 Å². The largest absolute Gasteiger partial charge is 0.310 e. The lowest BCUT2D eigenvalue weighted by Gasteiger charge is -2.17. The summed E-state index contributed by atoms with van der Waals surface area (Å²) in [5, 5.41) is 4.42. The Labute approximate surface area is 104 Å². The van der Waals surface area contributed by atoms with Gasteiger partial charge in [0.15, 0.2) is 0 Å². The summed E-state index contributed by atoms with van der Waals surface area (Å²) >= 11 is 9.75. The van der Waals surface area contributed by atoms with Crippen molar-refractivity contribution in [3.63, 3.8) is 0 Å². The molecule has 0 heterocycles. The molecule has 82 valence electrons. The van der Waals surface area contributed by atoms with Crippen molar-refractivity contribution in [2.24, 2.45) is 5.92 Å².